The van der Waals surface area contributed by atoms with E-state index in [4.69, 9.17) is 18.5 Å². The molecule has 55 heavy (non-hydrogen) atoms. The van der Waals surface area contributed by atoms with Gasteiger partial charge >= 0.3 is 13.8 Å². The minimum absolute atomic E-state index is 0.0803. The average molecular weight is 795 g/mol. The number of ether oxygens (including phenoxy) is 2. The van der Waals surface area contributed by atoms with Crippen LogP contribution in [-0.2, 0) is 27.9 Å². The molecule has 0 amide bonds. The number of carbonyl (C=O) groups excluding carboxylic acids is 1. The van der Waals surface area contributed by atoms with Gasteiger partial charge in [-0.15, -0.1) is 0 Å². The molecule has 0 bridgehead atoms. The summed E-state index contributed by atoms with van der Waals surface area (Å²) in [7, 11) is 1.64. The zero-order valence-electron chi connectivity index (χ0n) is 36.1. The molecule has 0 heterocycles. The number of quaternary nitrogens is 1. The first-order chi connectivity index (χ1) is 26.6. The van der Waals surface area contributed by atoms with Crippen LogP contribution in [0.1, 0.15) is 168 Å². The molecule has 0 aliphatic heterocycles. The van der Waals surface area contributed by atoms with Crippen LogP contribution in [0.15, 0.2) is 60.8 Å². The quantitative estimate of drug-likeness (QED) is 0.0217. The highest BCUT2D eigenvalue weighted by Crippen LogP contribution is 2.43. The van der Waals surface area contributed by atoms with Gasteiger partial charge in [0, 0.05) is 13.0 Å². The van der Waals surface area contributed by atoms with Gasteiger partial charge in [0.1, 0.15) is 19.3 Å². The zero-order chi connectivity index (χ0) is 40.6. The molecule has 9 heteroatoms. The minimum Gasteiger partial charge on any atom is -0.457 e. The number of phosphoric acid groups is 1. The van der Waals surface area contributed by atoms with Gasteiger partial charge in [-0.25, -0.2) is 4.57 Å². The molecule has 8 nitrogen and oxygen atoms in total. The van der Waals surface area contributed by atoms with Gasteiger partial charge in [-0.3, -0.25) is 13.8 Å². The van der Waals surface area contributed by atoms with Crippen LogP contribution in [0.4, 0.5) is 0 Å². The van der Waals surface area contributed by atoms with Crippen molar-refractivity contribution in [3.8, 4) is 0 Å². The first kappa shape index (κ1) is 53.2. The summed E-state index contributed by atoms with van der Waals surface area (Å²) in [4.78, 5) is 22.9. The number of hydrogen-bond acceptors (Lipinski definition) is 6. The van der Waals surface area contributed by atoms with E-state index in [1.165, 1.54) is 77.0 Å². The number of likely N-dealkylation sites (N-methyl/N-ethyl adjacent to an activating group) is 1. The first-order valence-corrected chi connectivity index (χ1v) is 23.5. The lowest BCUT2D eigenvalue weighted by Crippen LogP contribution is -2.37. The minimum atomic E-state index is -4.28. The van der Waals surface area contributed by atoms with E-state index in [1.54, 1.807) is 0 Å². The largest absolute Gasteiger partial charge is 0.472 e. The van der Waals surface area contributed by atoms with Crippen molar-refractivity contribution in [2.45, 2.75) is 174 Å². The molecule has 0 spiro atoms. The number of phosphoric ester groups is 1. The molecule has 0 saturated heterocycles. The Morgan fingerprint density at radius 3 is 1.56 bits per heavy atom. The Morgan fingerprint density at radius 1 is 0.582 bits per heavy atom. The van der Waals surface area contributed by atoms with Crippen molar-refractivity contribution in [1.29, 1.82) is 0 Å². The summed E-state index contributed by atoms with van der Waals surface area (Å²) < 4.78 is 35.0. The Kier molecular flexibility index (Phi) is 37.8. The molecule has 1 N–H and O–H groups in total. The summed E-state index contributed by atoms with van der Waals surface area (Å²) in [5.41, 5.74) is 0. The molecule has 0 aromatic rings. The predicted octanol–water partition coefficient (Wildman–Crippen LogP) is 12.9. The highest BCUT2D eigenvalue weighted by molar-refractivity contribution is 7.47. The van der Waals surface area contributed by atoms with E-state index in [1.807, 2.05) is 21.1 Å². The summed E-state index contributed by atoms with van der Waals surface area (Å²) in [6.45, 7) is 5.46. The van der Waals surface area contributed by atoms with Crippen LogP contribution in [0, 0.1) is 0 Å². The molecule has 0 rings (SSSR count). The molecule has 0 aromatic carbocycles. The number of esters is 1. The van der Waals surface area contributed by atoms with E-state index < -0.39 is 13.9 Å². The van der Waals surface area contributed by atoms with Crippen molar-refractivity contribution in [3.63, 3.8) is 0 Å². The monoisotopic (exact) mass is 795 g/mol. The van der Waals surface area contributed by atoms with Crippen LogP contribution in [0.5, 0.6) is 0 Å². The Labute approximate surface area is 339 Å². The van der Waals surface area contributed by atoms with Gasteiger partial charge in [0.15, 0.2) is 0 Å². The molecular weight excluding hydrogens is 709 g/mol. The Hall–Kier alpha value is -1.80. The number of carbonyl (C=O) groups is 1. The van der Waals surface area contributed by atoms with Crippen molar-refractivity contribution in [2.24, 2.45) is 0 Å². The fraction of sp³-hybridized carbons (Fsp3) is 0.761. The van der Waals surface area contributed by atoms with Crippen LogP contribution >= 0.6 is 7.82 Å². The molecule has 0 aromatic heterocycles. The van der Waals surface area contributed by atoms with Crippen molar-refractivity contribution in [2.75, 3.05) is 54.1 Å². The summed E-state index contributed by atoms with van der Waals surface area (Å²) in [5.74, 6) is -0.345. The average Bonchev–Trinajstić information content (AvgIpc) is 3.13. The Morgan fingerprint density at radius 2 is 1.05 bits per heavy atom. The third kappa shape index (κ3) is 43.2. The summed E-state index contributed by atoms with van der Waals surface area (Å²) in [5, 5.41) is 0. The van der Waals surface area contributed by atoms with Crippen LogP contribution in [0.25, 0.3) is 0 Å². The second-order valence-corrected chi connectivity index (χ2v) is 17.2. The third-order valence-corrected chi connectivity index (χ3v) is 10.1. The van der Waals surface area contributed by atoms with Gasteiger partial charge in [-0.1, -0.05) is 164 Å². The molecular formula is C46H85NO7P+. The predicted molar refractivity (Wildman–Crippen MR) is 233 cm³/mol. The highest BCUT2D eigenvalue weighted by atomic mass is 31.2. The molecule has 0 fully saturated rings. The van der Waals surface area contributed by atoms with E-state index in [-0.39, 0.29) is 32.2 Å². The van der Waals surface area contributed by atoms with Crippen LogP contribution in [0.2, 0.25) is 0 Å². The normalized spacial score (nSPS) is 14.4. The van der Waals surface area contributed by atoms with Gasteiger partial charge in [0.25, 0.3) is 0 Å². The van der Waals surface area contributed by atoms with E-state index in [2.05, 4.69) is 74.6 Å². The summed E-state index contributed by atoms with van der Waals surface area (Å²) >= 11 is 0. The second kappa shape index (κ2) is 39.0. The Balaban J connectivity index is 4.31. The fourth-order valence-corrected chi connectivity index (χ4v) is 6.44. The molecule has 0 saturated carbocycles. The number of hydrogen-bond donors (Lipinski definition) is 1. The maximum atomic E-state index is 12.7. The van der Waals surface area contributed by atoms with Gasteiger partial charge in [0.05, 0.1) is 34.4 Å². The molecule has 0 radical (unpaired) electrons. The van der Waals surface area contributed by atoms with Gasteiger partial charge in [-0.05, 0) is 57.8 Å². The lowest BCUT2D eigenvalue weighted by atomic mass is 10.0. The van der Waals surface area contributed by atoms with Crippen LogP contribution in [0.3, 0.4) is 0 Å². The number of nitrogens with zero attached hydrogens (tertiary/aromatic N) is 1. The van der Waals surface area contributed by atoms with Crippen LogP contribution < -0.4 is 0 Å². The maximum Gasteiger partial charge on any atom is 0.472 e. The lowest BCUT2D eigenvalue weighted by Gasteiger charge is -2.24. The topological polar surface area (TPSA) is 91.3 Å². The zero-order valence-corrected chi connectivity index (χ0v) is 37.0. The molecule has 320 valence electrons. The van der Waals surface area contributed by atoms with E-state index >= 15 is 0 Å². The van der Waals surface area contributed by atoms with E-state index in [0.717, 1.165) is 70.6 Å². The summed E-state index contributed by atoms with van der Waals surface area (Å²) in [6.07, 6.45) is 48.2. The maximum absolute atomic E-state index is 12.7. The van der Waals surface area contributed by atoms with Crippen molar-refractivity contribution < 1.29 is 37.3 Å². The SMILES string of the molecule is CC/C=C\C/C=C\C/C=C\C/C=C\C/C=C\CCCCCC(=O)O[C@H](COCCCCCCCCCCCCCCCC)COP(=O)(O)OCC[N+](C)(C)C. The highest BCUT2D eigenvalue weighted by Gasteiger charge is 2.26. The van der Waals surface area contributed by atoms with Gasteiger partial charge in [-0.2, -0.15) is 0 Å². The standard InChI is InChI=1S/C46H84NO7P/c1-6-8-10-12-14-16-18-20-22-23-24-25-26-27-29-31-33-35-37-39-46(48)54-45(44-53-55(49,50)52-42-40-47(3,4)5)43-51-41-38-36-34-32-30-28-21-19-17-15-13-11-9-7-2/h8,10,14,16,20,22,24-25,27,29,45H,6-7,9,11-13,15,17-19,21,23,26,28,30-44H2,1-5H3/p+1/b10-8-,16-14-,22-20-,25-24-,29-27-/t45-/m1/s1. The number of allylic oxidation sites excluding steroid dienone is 10. The number of rotatable bonds is 40. The molecule has 0 aliphatic rings. The molecule has 2 atom stereocenters. The van der Waals surface area contributed by atoms with Gasteiger partial charge in [0.2, 0.25) is 0 Å². The van der Waals surface area contributed by atoms with Crippen molar-refractivity contribution >= 4 is 13.8 Å². The lowest BCUT2D eigenvalue weighted by molar-refractivity contribution is -0.870. The third-order valence-electron chi connectivity index (χ3n) is 9.09. The van der Waals surface area contributed by atoms with E-state index in [0.29, 0.717) is 17.6 Å². The fourth-order valence-electron chi connectivity index (χ4n) is 5.70. The van der Waals surface area contributed by atoms with Crippen molar-refractivity contribution in [1.82, 2.24) is 0 Å². The Bertz CT molecular complexity index is 1060. The second-order valence-electron chi connectivity index (χ2n) is 15.7. The van der Waals surface area contributed by atoms with Crippen molar-refractivity contribution in [3.05, 3.63) is 60.8 Å². The first-order valence-electron chi connectivity index (χ1n) is 22.0. The smallest absolute Gasteiger partial charge is 0.457 e. The molecule has 1 unspecified atom stereocenters. The molecule has 0 aliphatic carbocycles. The summed E-state index contributed by atoms with van der Waals surface area (Å²) in [6, 6.07) is 0. The van der Waals surface area contributed by atoms with Crippen LogP contribution in [-0.4, -0.2) is 75.6 Å². The van der Waals surface area contributed by atoms with Gasteiger partial charge < -0.3 is 18.9 Å². The number of unbranched alkanes of at least 4 members (excludes halogenated alkanes) is 16. The van der Waals surface area contributed by atoms with E-state index in [9.17, 15) is 14.3 Å².